The lowest BCUT2D eigenvalue weighted by Gasteiger charge is -2.06. The Labute approximate surface area is 129 Å². The van der Waals surface area contributed by atoms with Crippen LogP contribution in [0.3, 0.4) is 0 Å². The minimum atomic E-state index is -0.985. The number of nitrogens with two attached hydrogens (primary N) is 1. The Kier molecular flexibility index (Phi) is 5.61. The summed E-state index contributed by atoms with van der Waals surface area (Å²) in [5.74, 6) is 1.37. The van der Waals surface area contributed by atoms with Gasteiger partial charge in [-0.3, -0.25) is 4.21 Å². The van der Waals surface area contributed by atoms with Crippen LogP contribution in [0.25, 0.3) is 0 Å². The highest BCUT2D eigenvalue weighted by Gasteiger charge is 2.04. The summed E-state index contributed by atoms with van der Waals surface area (Å²) < 4.78 is 18.6. The number of benzene rings is 2. The quantitative estimate of drug-likeness (QED) is 0.637. The molecule has 0 saturated heterocycles. The van der Waals surface area contributed by atoms with E-state index in [2.05, 4.69) is 15.9 Å². The second-order valence-electron chi connectivity index (χ2n) is 4.28. The van der Waals surface area contributed by atoms with Crippen LogP contribution in [0.4, 0.5) is 5.69 Å². The fourth-order valence-electron chi connectivity index (χ4n) is 1.67. The minimum absolute atomic E-state index is 0.545. The number of anilines is 1. The number of halogens is 1. The van der Waals surface area contributed by atoms with E-state index in [9.17, 15) is 4.21 Å². The third kappa shape index (κ3) is 4.65. The van der Waals surface area contributed by atoms with Crippen LogP contribution in [0.2, 0.25) is 0 Å². The molecule has 0 bridgehead atoms. The summed E-state index contributed by atoms with van der Waals surface area (Å²) in [5, 5.41) is 0. The monoisotopic (exact) mass is 353 g/mol. The molecule has 0 radical (unpaired) electrons. The van der Waals surface area contributed by atoms with E-state index < -0.39 is 10.8 Å². The maximum absolute atomic E-state index is 12.1. The Bertz CT molecular complexity index is 587. The fraction of sp³-hybridized carbons (Fsp3) is 0.200. The van der Waals surface area contributed by atoms with E-state index in [0.29, 0.717) is 18.0 Å². The van der Waals surface area contributed by atoms with Gasteiger partial charge in [-0.2, -0.15) is 0 Å². The van der Waals surface area contributed by atoms with Crippen molar-refractivity contribution in [2.75, 3.05) is 18.1 Å². The Balaban J connectivity index is 1.76. The molecule has 1 unspecified atom stereocenters. The Morgan fingerprint density at radius 2 is 1.90 bits per heavy atom. The Hall–Kier alpha value is -1.33. The summed E-state index contributed by atoms with van der Waals surface area (Å²) >= 11 is 3.38. The van der Waals surface area contributed by atoms with Crippen LogP contribution < -0.4 is 10.5 Å². The highest BCUT2D eigenvalue weighted by Crippen LogP contribution is 2.16. The highest BCUT2D eigenvalue weighted by molar-refractivity contribution is 9.10. The summed E-state index contributed by atoms with van der Waals surface area (Å²) in [6, 6.07) is 14.8. The van der Waals surface area contributed by atoms with Gasteiger partial charge in [0, 0.05) is 20.8 Å². The van der Waals surface area contributed by atoms with Crippen molar-refractivity contribution >= 4 is 32.4 Å². The van der Waals surface area contributed by atoms with Crippen LogP contribution in [-0.2, 0) is 10.8 Å². The molecular formula is C15H16BrNO2S. The molecule has 0 aliphatic carbocycles. The van der Waals surface area contributed by atoms with E-state index >= 15 is 0 Å². The molecule has 0 spiro atoms. The maximum Gasteiger partial charge on any atom is 0.119 e. The number of rotatable bonds is 6. The molecule has 1 atom stereocenters. The molecule has 20 heavy (non-hydrogen) atoms. The first kappa shape index (κ1) is 15.1. The molecule has 3 nitrogen and oxygen atoms in total. The second kappa shape index (κ2) is 7.45. The third-order valence-electron chi connectivity index (χ3n) is 2.68. The van der Waals surface area contributed by atoms with E-state index in [1.807, 2.05) is 36.4 Å². The molecule has 0 aliphatic rings. The molecule has 0 aliphatic heterocycles. The van der Waals surface area contributed by atoms with Crippen molar-refractivity contribution in [3.05, 3.63) is 53.0 Å². The van der Waals surface area contributed by atoms with E-state index in [-0.39, 0.29) is 0 Å². The van der Waals surface area contributed by atoms with Crippen LogP contribution in [0.5, 0.6) is 5.75 Å². The summed E-state index contributed by atoms with van der Waals surface area (Å²) in [6.45, 7) is 0.545. The van der Waals surface area contributed by atoms with Crippen molar-refractivity contribution < 1.29 is 8.95 Å². The van der Waals surface area contributed by atoms with Crippen LogP contribution in [0, 0.1) is 0 Å². The lowest BCUT2D eigenvalue weighted by atomic mass is 10.3. The normalized spacial score (nSPS) is 12.1. The van der Waals surface area contributed by atoms with Crippen molar-refractivity contribution in [3.8, 4) is 5.75 Å². The minimum Gasteiger partial charge on any atom is -0.494 e. The molecule has 2 aromatic carbocycles. The van der Waals surface area contributed by atoms with Crippen LogP contribution in [0.15, 0.2) is 57.9 Å². The summed E-state index contributed by atoms with van der Waals surface area (Å²) in [5.41, 5.74) is 6.31. The number of hydrogen-bond acceptors (Lipinski definition) is 3. The average molecular weight is 354 g/mol. The average Bonchev–Trinajstić information content (AvgIpc) is 2.45. The molecule has 0 aromatic heterocycles. The van der Waals surface area contributed by atoms with Crippen molar-refractivity contribution in [1.29, 1.82) is 0 Å². The molecule has 0 fully saturated rings. The van der Waals surface area contributed by atoms with E-state index in [1.165, 1.54) is 0 Å². The molecule has 5 heteroatoms. The van der Waals surface area contributed by atoms with Crippen molar-refractivity contribution in [3.63, 3.8) is 0 Å². The molecule has 0 heterocycles. The van der Waals surface area contributed by atoms with Gasteiger partial charge < -0.3 is 10.5 Å². The summed E-state index contributed by atoms with van der Waals surface area (Å²) in [6.07, 6.45) is 0.740. The van der Waals surface area contributed by atoms with Gasteiger partial charge in [-0.25, -0.2) is 0 Å². The van der Waals surface area contributed by atoms with Gasteiger partial charge in [-0.05, 0) is 48.9 Å². The maximum atomic E-state index is 12.1. The molecule has 2 aromatic rings. The lowest BCUT2D eigenvalue weighted by molar-refractivity contribution is 0.318. The Morgan fingerprint density at radius 3 is 2.60 bits per heavy atom. The number of hydrogen-bond donors (Lipinski definition) is 1. The van der Waals surface area contributed by atoms with Crippen LogP contribution in [0.1, 0.15) is 6.42 Å². The predicted molar refractivity (Wildman–Crippen MR) is 86.4 cm³/mol. The van der Waals surface area contributed by atoms with Crippen LogP contribution >= 0.6 is 15.9 Å². The largest absolute Gasteiger partial charge is 0.494 e. The number of nitrogen functional groups attached to an aromatic ring is 1. The smallest absolute Gasteiger partial charge is 0.119 e. The number of ether oxygens (including phenoxy) is 1. The SMILES string of the molecule is Nc1ccc(OCCCS(=O)c2cccc(Br)c2)cc1. The second-order valence-corrected chi connectivity index (χ2v) is 6.76. The van der Waals surface area contributed by atoms with Gasteiger partial charge in [0.05, 0.1) is 17.4 Å². The zero-order valence-corrected chi connectivity index (χ0v) is 13.3. The molecule has 0 amide bonds. The van der Waals surface area contributed by atoms with E-state index in [4.69, 9.17) is 10.5 Å². The van der Waals surface area contributed by atoms with Gasteiger partial charge in [-0.1, -0.05) is 22.0 Å². The van der Waals surface area contributed by atoms with Gasteiger partial charge in [0.15, 0.2) is 0 Å². The van der Waals surface area contributed by atoms with Gasteiger partial charge in [0.25, 0.3) is 0 Å². The van der Waals surface area contributed by atoms with Gasteiger partial charge in [-0.15, -0.1) is 0 Å². The summed E-state index contributed by atoms with van der Waals surface area (Å²) in [7, 11) is -0.985. The van der Waals surface area contributed by atoms with Crippen molar-refractivity contribution in [1.82, 2.24) is 0 Å². The van der Waals surface area contributed by atoms with Crippen molar-refractivity contribution in [2.24, 2.45) is 0 Å². The first-order chi connectivity index (χ1) is 9.65. The van der Waals surface area contributed by atoms with E-state index in [0.717, 1.165) is 21.5 Å². The molecule has 2 rings (SSSR count). The van der Waals surface area contributed by atoms with Gasteiger partial charge >= 0.3 is 0 Å². The van der Waals surface area contributed by atoms with Crippen molar-refractivity contribution in [2.45, 2.75) is 11.3 Å². The molecular weight excluding hydrogens is 338 g/mol. The highest BCUT2D eigenvalue weighted by atomic mass is 79.9. The molecule has 0 saturated carbocycles. The van der Waals surface area contributed by atoms with Gasteiger partial charge in [0.2, 0.25) is 0 Å². The third-order valence-corrected chi connectivity index (χ3v) is 4.61. The standard InChI is InChI=1S/C15H16BrNO2S/c16-12-3-1-4-15(11-12)20(18)10-2-9-19-14-7-5-13(17)6-8-14/h1,3-8,11H,2,9-10,17H2. The van der Waals surface area contributed by atoms with Crippen LogP contribution in [-0.4, -0.2) is 16.6 Å². The van der Waals surface area contributed by atoms with E-state index in [1.54, 1.807) is 12.1 Å². The molecule has 2 N–H and O–H groups in total. The Morgan fingerprint density at radius 1 is 1.15 bits per heavy atom. The molecule has 106 valence electrons. The fourth-order valence-corrected chi connectivity index (χ4v) is 3.33. The zero-order chi connectivity index (χ0) is 14.4. The topological polar surface area (TPSA) is 52.3 Å². The first-order valence-corrected chi connectivity index (χ1v) is 8.38. The first-order valence-electron chi connectivity index (χ1n) is 6.27. The predicted octanol–water partition coefficient (Wildman–Crippen LogP) is 3.61. The van der Waals surface area contributed by atoms with Gasteiger partial charge in [0.1, 0.15) is 5.75 Å². The summed E-state index contributed by atoms with van der Waals surface area (Å²) in [4.78, 5) is 0.840. The zero-order valence-electron chi connectivity index (χ0n) is 10.9. The lowest BCUT2D eigenvalue weighted by Crippen LogP contribution is -2.05.